The lowest BCUT2D eigenvalue weighted by Crippen LogP contribution is -2.54. The van der Waals surface area contributed by atoms with Crippen LogP contribution in [0.2, 0.25) is 0 Å². The molecule has 30 heavy (non-hydrogen) atoms. The topological polar surface area (TPSA) is 63.3 Å². The Kier molecular flexibility index (Phi) is 9.28. The van der Waals surface area contributed by atoms with Gasteiger partial charge in [-0.15, -0.1) is 0 Å². The van der Waals surface area contributed by atoms with E-state index in [1.165, 1.54) is 57.8 Å². The summed E-state index contributed by atoms with van der Waals surface area (Å²) in [4.78, 5) is 10.9. The maximum atomic E-state index is 10.9. The predicted molar refractivity (Wildman–Crippen MR) is 127 cm³/mol. The molecule has 4 aliphatic rings. The van der Waals surface area contributed by atoms with Crippen molar-refractivity contribution in [1.29, 1.82) is 0 Å². The van der Waals surface area contributed by atoms with Gasteiger partial charge in [-0.25, -0.2) is 0 Å². The molecule has 3 N–H and O–H groups in total. The minimum absolute atomic E-state index is 0.351. The standard InChI is InChI=1S/C23H39NO2.2C2H6/c1-22-13-11-20-18(8-6-16-14-17(24)10-12-23(16,20)2)19(22)9-7-15(22)4-3-5-21(25)26;2*1-2/h15-20H,3-14,24H2,1-2H3,(H,25,26);2*1-2H3. The summed E-state index contributed by atoms with van der Waals surface area (Å²) < 4.78 is 0. The van der Waals surface area contributed by atoms with Gasteiger partial charge in [0.15, 0.2) is 0 Å². The Morgan fingerprint density at radius 3 is 2.20 bits per heavy atom. The predicted octanol–water partition coefficient (Wildman–Crippen LogP) is 7.28. The van der Waals surface area contributed by atoms with Crippen molar-refractivity contribution in [1.82, 2.24) is 0 Å². The van der Waals surface area contributed by atoms with Crippen LogP contribution < -0.4 is 5.73 Å². The average molecular weight is 422 g/mol. The molecule has 0 aromatic heterocycles. The van der Waals surface area contributed by atoms with Gasteiger partial charge >= 0.3 is 5.97 Å². The maximum absolute atomic E-state index is 10.9. The van der Waals surface area contributed by atoms with Crippen LogP contribution in [-0.2, 0) is 4.79 Å². The highest BCUT2D eigenvalue weighted by Crippen LogP contribution is 2.67. The van der Waals surface area contributed by atoms with Gasteiger partial charge in [0, 0.05) is 12.5 Å². The van der Waals surface area contributed by atoms with Crippen molar-refractivity contribution in [3.05, 3.63) is 0 Å². The number of carboxylic acid groups (broad SMARTS) is 1. The van der Waals surface area contributed by atoms with E-state index < -0.39 is 5.97 Å². The van der Waals surface area contributed by atoms with Crippen LogP contribution in [0.15, 0.2) is 0 Å². The molecule has 4 aliphatic carbocycles. The summed E-state index contributed by atoms with van der Waals surface area (Å²) in [5.74, 6) is 3.74. The van der Waals surface area contributed by atoms with Gasteiger partial charge in [0.05, 0.1) is 0 Å². The summed E-state index contributed by atoms with van der Waals surface area (Å²) in [6.07, 6.45) is 14.6. The van der Waals surface area contributed by atoms with Gasteiger partial charge in [-0.2, -0.15) is 0 Å². The Morgan fingerprint density at radius 1 is 0.900 bits per heavy atom. The van der Waals surface area contributed by atoms with Crippen LogP contribution in [-0.4, -0.2) is 17.1 Å². The Hall–Kier alpha value is -0.570. The monoisotopic (exact) mass is 421 g/mol. The Balaban J connectivity index is 0.000000757. The quantitative estimate of drug-likeness (QED) is 0.501. The molecule has 0 aliphatic heterocycles. The first-order valence-electron chi connectivity index (χ1n) is 13.3. The number of nitrogens with two attached hydrogens (primary N) is 1. The fourth-order valence-corrected chi connectivity index (χ4v) is 8.37. The summed E-state index contributed by atoms with van der Waals surface area (Å²) in [5, 5.41) is 8.99. The molecule has 0 amide bonds. The summed E-state index contributed by atoms with van der Waals surface area (Å²) in [6, 6.07) is 0.448. The average Bonchev–Trinajstić information content (AvgIpc) is 3.08. The number of hydrogen-bond donors (Lipinski definition) is 2. The zero-order valence-corrected chi connectivity index (χ0v) is 20.9. The second-order valence-electron chi connectivity index (χ2n) is 10.8. The summed E-state index contributed by atoms with van der Waals surface area (Å²) in [5.41, 5.74) is 7.34. The lowest BCUT2D eigenvalue weighted by atomic mass is 9.44. The zero-order chi connectivity index (χ0) is 22.5. The minimum Gasteiger partial charge on any atom is -0.481 e. The van der Waals surface area contributed by atoms with E-state index in [1.54, 1.807) is 0 Å². The van der Waals surface area contributed by atoms with E-state index >= 15 is 0 Å². The van der Waals surface area contributed by atoms with Gasteiger partial charge in [-0.05, 0) is 111 Å². The molecule has 4 rings (SSSR count). The van der Waals surface area contributed by atoms with Crippen LogP contribution >= 0.6 is 0 Å². The molecule has 8 atom stereocenters. The maximum Gasteiger partial charge on any atom is 0.303 e. The van der Waals surface area contributed by atoms with E-state index in [2.05, 4.69) is 13.8 Å². The van der Waals surface area contributed by atoms with Crippen LogP contribution in [0, 0.1) is 40.4 Å². The van der Waals surface area contributed by atoms with Gasteiger partial charge in [-0.1, -0.05) is 41.5 Å². The smallest absolute Gasteiger partial charge is 0.303 e. The summed E-state index contributed by atoms with van der Waals surface area (Å²) >= 11 is 0. The molecule has 176 valence electrons. The Labute approximate surface area is 187 Å². The molecule has 0 heterocycles. The minimum atomic E-state index is -0.629. The number of fused-ring (bicyclic) bond motifs is 5. The van der Waals surface area contributed by atoms with Crippen molar-refractivity contribution in [2.45, 2.75) is 125 Å². The molecule has 3 nitrogen and oxygen atoms in total. The van der Waals surface area contributed by atoms with Crippen LogP contribution in [0.5, 0.6) is 0 Å². The molecule has 8 unspecified atom stereocenters. The van der Waals surface area contributed by atoms with Crippen molar-refractivity contribution >= 4 is 5.97 Å². The molecule has 0 aromatic rings. The fourth-order valence-electron chi connectivity index (χ4n) is 8.37. The number of rotatable bonds is 4. The van der Waals surface area contributed by atoms with Gasteiger partial charge in [0.2, 0.25) is 0 Å². The van der Waals surface area contributed by atoms with E-state index in [0.717, 1.165) is 42.4 Å². The SMILES string of the molecule is CC.CC.CC12CCC3C(CCC4CC(N)CCC43C)C1CCC2CCCC(=O)O. The third kappa shape index (κ3) is 4.76. The zero-order valence-electron chi connectivity index (χ0n) is 20.9. The first kappa shape index (κ1) is 25.7. The number of carbonyl (C=O) groups is 1. The van der Waals surface area contributed by atoms with Crippen molar-refractivity contribution in [3.63, 3.8) is 0 Å². The second-order valence-corrected chi connectivity index (χ2v) is 10.8. The molecule has 0 saturated heterocycles. The van der Waals surface area contributed by atoms with Gasteiger partial charge in [-0.3, -0.25) is 4.79 Å². The third-order valence-corrected chi connectivity index (χ3v) is 9.85. The number of hydrogen-bond acceptors (Lipinski definition) is 2. The Bertz CT molecular complexity index is 549. The normalized spacial score (nSPS) is 44.2. The summed E-state index contributed by atoms with van der Waals surface area (Å²) in [6.45, 7) is 13.2. The highest BCUT2D eigenvalue weighted by atomic mass is 16.4. The first-order valence-corrected chi connectivity index (χ1v) is 13.3. The Morgan fingerprint density at radius 2 is 1.53 bits per heavy atom. The molecular formula is C27H51NO2. The van der Waals surface area contributed by atoms with Gasteiger partial charge in [0.25, 0.3) is 0 Å². The van der Waals surface area contributed by atoms with Crippen LogP contribution in [0.1, 0.15) is 119 Å². The molecule has 4 saturated carbocycles. The summed E-state index contributed by atoms with van der Waals surface area (Å²) in [7, 11) is 0. The largest absolute Gasteiger partial charge is 0.481 e. The second kappa shape index (κ2) is 10.8. The van der Waals surface area contributed by atoms with Gasteiger partial charge < -0.3 is 10.8 Å². The van der Waals surface area contributed by atoms with Crippen molar-refractivity contribution < 1.29 is 9.90 Å². The lowest BCUT2D eigenvalue weighted by Gasteiger charge is -2.61. The molecule has 0 aromatic carbocycles. The van der Waals surface area contributed by atoms with Crippen LogP contribution in [0.25, 0.3) is 0 Å². The fraction of sp³-hybridized carbons (Fsp3) is 0.963. The first-order chi connectivity index (χ1) is 14.3. The number of carboxylic acids is 1. The molecule has 3 heteroatoms. The third-order valence-electron chi connectivity index (χ3n) is 9.85. The van der Waals surface area contributed by atoms with Crippen molar-refractivity contribution in [2.75, 3.05) is 0 Å². The van der Waals surface area contributed by atoms with E-state index in [0.29, 0.717) is 23.3 Å². The van der Waals surface area contributed by atoms with Crippen LogP contribution in [0.4, 0.5) is 0 Å². The van der Waals surface area contributed by atoms with E-state index in [1.807, 2.05) is 27.7 Å². The highest BCUT2D eigenvalue weighted by Gasteiger charge is 2.59. The number of aliphatic carboxylic acids is 1. The van der Waals surface area contributed by atoms with Crippen molar-refractivity contribution in [2.24, 2.45) is 46.2 Å². The van der Waals surface area contributed by atoms with E-state index in [9.17, 15) is 4.79 Å². The molecule has 4 fully saturated rings. The molecule has 0 radical (unpaired) electrons. The molecule has 0 spiro atoms. The highest BCUT2D eigenvalue weighted by molar-refractivity contribution is 5.66. The van der Waals surface area contributed by atoms with E-state index in [4.69, 9.17) is 10.8 Å². The van der Waals surface area contributed by atoms with E-state index in [-0.39, 0.29) is 0 Å². The lowest BCUT2D eigenvalue weighted by molar-refractivity contribution is -0.137. The van der Waals surface area contributed by atoms with Crippen molar-refractivity contribution in [3.8, 4) is 0 Å². The van der Waals surface area contributed by atoms with Gasteiger partial charge in [0.1, 0.15) is 0 Å². The molecule has 0 bridgehead atoms. The van der Waals surface area contributed by atoms with Crippen LogP contribution in [0.3, 0.4) is 0 Å². The molecular weight excluding hydrogens is 370 g/mol.